The molecule has 0 unspecified atom stereocenters. The number of alkyl halides is 3. The van der Waals surface area contributed by atoms with Gasteiger partial charge >= 0.3 is 6.18 Å². The Balaban J connectivity index is 1.88. The van der Waals surface area contributed by atoms with Crippen LogP contribution in [0.4, 0.5) is 13.2 Å². The smallest absolute Gasteiger partial charge is 0.416 e. The minimum absolute atomic E-state index is 0.0868. The summed E-state index contributed by atoms with van der Waals surface area (Å²) in [6.07, 6.45) is -2.00. The van der Waals surface area contributed by atoms with Crippen LogP contribution < -0.4 is 0 Å². The Kier molecular flexibility index (Phi) is 4.90. The molecule has 1 heterocycles. The molecule has 0 radical (unpaired) electrons. The molecule has 3 nitrogen and oxygen atoms in total. The zero-order chi connectivity index (χ0) is 16.2. The van der Waals surface area contributed by atoms with Crippen LogP contribution >= 0.6 is 0 Å². The number of carbonyl (C=O) groups is 1. The Labute approximate surface area is 126 Å². The second-order valence-electron chi connectivity index (χ2n) is 5.02. The first-order valence-corrected chi connectivity index (χ1v) is 6.79. The van der Waals surface area contributed by atoms with Crippen LogP contribution in [0.5, 0.6) is 0 Å². The molecule has 0 atom stereocenters. The van der Waals surface area contributed by atoms with E-state index in [1.54, 1.807) is 25.4 Å². The topological polar surface area (TPSA) is 33.5 Å². The van der Waals surface area contributed by atoms with Gasteiger partial charge in [-0.25, -0.2) is 0 Å². The lowest BCUT2D eigenvalue weighted by molar-refractivity contribution is -0.137. The van der Waals surface area contributed by atoms with E-state index in [1.807, 2.05) is 0 Å². The van der Waals surface area contributed by atoms with Gasteiger partial charge in [-0.15, -0.1) is 0 Å². The molecule has 0 aliphatic heterocycles. The number of benzene rings is 1. The minimum Gasteiger partial charge on any atom is -0.469 e. The van der Waals surface area contributed by atoms with E-state index in [9.17, 15) is 18.0 Å². The van der Waals surface area contributed by atoms with Crippen molar-refractivity contribution < 1.29 is 22.4 Å². The summed E-state index contributed by atoms with van der Waals surface area (Å²) >= 11 is 0. The van der Waals surface area contributed by atoms with Crippen LogP contribution in [0.2, 0.25) is 0 Å². The van der Waals surface area contributed by atoms with Crippen molar-refractivity contribution in [1.29, 1.82) is 0 Å². The lowest BCUT2D eigenvalue weighted by Gasteiger charge is -2.17. The van der Waals surface area contributed by atoms with Crippen molar-refractivity contribution in [1.82, 2.24) is 4.90 Å². The van der Waals surface area contributed by atoms with Gasteiger partial charge in [0, 0.05) is 26.4 Å². The first kappa shape index (κ1) is 16.1. The number of hydrogen-bond acceptors (Lipinski definition) is 2. The van der Waals surface area contributed by atoms with Crippen LogP contribution in [-0.2, 0) is 23.9 Å². The fourth-order valence-electron chi connectivity index (χ4n) is 2.04. The first-order valence-electron chi connectivity index (χ1n) is 6.79. The van der Waals surface area contributed by atoms with Gasteiger partial charge in [0.1, 0.15) is 5.76 Å². The third kappa shape index (κ3) is 4.38. The van der Waals surface area contributed by atoms with E-state index in [0.717, 1.165) is 17.9 Å². The largest absolute Gasteiger partial charge is 0.469 e. The quantitative estimate of drug-likeness (QED) is 0.839. The number of amides is 1. The van der Waals surface area contributed by atoms with E-state index in [1.165, 1.54) is 17.0 Å². The van der Waals surface area contributed by atoms with Crippen LogP contribution in [0.15, 0.2) is 47.1 Å². The van der Waals surface area contributed by atoms with Crippen LogP contribution in [0.3, 0.4) is 0 Å². The summed E-state index contributed by atoms with van der Waals surface area (Å²) in [4.78, 5) is 13.5. The molecule has 0 saturated carbocycles. The molecule has 6 heteroatoms. The first-order chi connectivity index (χ1) is 10.4. The summed E-state index contributed by atoms with van der Waals surface area (Å²) in [5.74, 6) is 0.646. The molecule has 0 bridgehead atoms. The number of hydrogen-bond donors (Lipinski definition) is 0. The second kappa shape index (κ2) is 6.68. The van der Waals surface area contributed by atoms with E-state index in [0.29, 0.717) is 18.4 Å². The lowest BCUT2D eigenvalue weighted by Crippen LogP contribution is -2.26. The van der Waals surface area contributed by atoms with Gasteiger partial charge in [-0.1, -0.05) is 12.1 Å². The van der Waals surface area contributed by atoms with Gasteiger partial charge in [0.2, 0.25) is 5.91 Å². The number of nitrogens with zero attached hydrogens (tertiary/aromatic N) is 1. The normalized spacial score (nSPS) is 11.5. The predicted molar refractivity (Wildman–Crippen MR) is 74.9 cm³/mol. The van der Waals surface area contributed by atoms with Crippen LogP contribution in [-0.4, -0.2) is 17.9 Å². The lowest BCUT2D eigenvalue weighted by atomic mass is 10.1. The minimum atomic E-state index is -4.34. The standard InChI is InChI=1S/C16H16F3NO2/c1-20(15(21)9-8-14-3-2-10-22-14)11-12-4-6-13(7-5-12)16(17,18)19/h2-7,10H,8-9,11H2,1H3. The van der Waals surface area contributed by atoms with E-state index in [4.69, 9.17) is 4.42 Å². The zero-order valence-corrected chi connectivity index (χ0v) is 12.1. The van der Waals surface area contributed by atoms with Crippen LogP contribution in [0, 0.1) is 0 Å². The molecule has 2 aromatic rings. The third-order valence-electron chi connectivity index (χ3n) is 3.29. The molecule has 0 saturated heterocycles. The van der Waals surface area contributed by atoms with Crippen LogP contribution in [0.25, 0.3) is 0 Å². The Morgan fingerprint density at radius 3 is 2.41 bits per heavy atom. The number of rotatable bonds is 5. The number of carbonyl (C=O) groups excluding carboxylic acids is 1. The van der Waals surface area contributed by atoms with Gasteiger partial charge in [0.25, 0.3) is 0 Å². The third-order valence-corrected chi connectivity index (χ3v) is 3.29. The highest BCUT2D eigenvalue weighted by atomic mass is 19.4. The van der Waals surface area contributed by atoms with Gasteiger partial charge in [0.05, 0.1) is 11.8 Å². The average molecular weight is 311 g/mol. The van der Waals surface area contributed by atoms with Crippen molar-refractivity contribution in [2.24, 2.45) is 0 Å². The summed E-state index contributed by atoms with van der Waals surface area (Å²) in [5, 5.41) is 0. The molecule has 0 aliphatic rings. The van der Waals surface area contributed by atoms with E-state index in [2.05, 4.69) is 0 Å². The number of furan rings is 1. The van der Waals surface area contributed by atoms with Crippen molar-refractivity contribution in [2.75, 3.05) is 7.05 Å². The maximum absolute atomic E-state index is 12.5. The Bertz CT molecular complexity index is 603. The fraction of sp³-hybridized carbons (Fsp3) is 0.312. The van der Waals surface area contributed by atoms with Crippen molar-refractivity contribution in [3.8, 4) is 0 Å². The number of halogens is 3. The summed E-state index contributed by atoms with van der Waals surface area (Å²) in [6.45, 7) is 0.273. The van der Waals surface area contributed by atoms with Crippen molar-refractivity contribution in [2.45, 2.75) is 25.6 Å². The highest BCUT2D eigenvalue weighted by Crippen LogP contribution is 2.29. The van der Waals surface area contributed by atoms with E-state index < -0.39 is 11.7 Å². The van der Waals surface area contributed by atoms with E-state index in [-0.39, 0.29) is 12.5 Å². The monoisotopic (exact) mass is 311 g/mol. The molecule has 118 valence electrons. The van der Waals surface area contributed by atoms with Gasteiger partial charge < -0.3 is 9.32 Å². The summed E-state index contributed by atoms with van der Waals surface area (Å²) in [7, 11) is 1.63. The highest BCUT2D eigenvalue weighted by Gasteiger charge is 2.29. The molecule has 1 amide bonds. The molecule has 1 aromatic heterocycles. The van der Waals surface area contributed by atoms with E-state index >= 15 is 0 Å². The Morgan fingerprint density at radius 1 is 1.18 bits per heavy atom. The Morgan fingerprint density at radius 2 is 1.86 bits per heavy atom. The zero-order valence-electron chi connectivity index (χ0n) is 12.1. The van der Waals surface area contributed by atoms with Gasteiger partial charge in [-0.2, -0.15) is 13.2 Å². The molecule has 22 heavy (non-hydrogen) atoms. The molecular weight excluding hydrogens is 295 g/mol. The fourth-order valence-corrected chi connectivity index (χ4v) is 2.04. The summed E-state index contributed by atoms with van der Waals surface area (Å²) < 4.78 is 42.6. The molecule has 0 N–H and O–H groups in total. The van der Waals surface area contributed by atoms with Crippen molar-refractivity contribution in [3.05, 3.63) is 59.5 Å². The molecule has 0 fully saturated rings. The maximum Gasteiger partial charge on any atom is 0.416 e. The Hall–Kier alpha value is -2.24. The van der Waals surface area contributed by atoms with Crippen LogP contribution in [0.1, 0.15) is 23.3 Å². The molecule has 2 rings (SSSR count). The number of aryl methyl sites for hydroxylation is 1. The summed E-state index contributed by atoms with van der Waals surface area (Å²) in [5.41, 5.74) is -0.0371. The second-order valence-corrected chi connectivity index (χ2v) is 5.02. The SMILES string of the molecule is CN(Cc1ccc(C(F)(F)F)cc1)C(=O)CCc1ccco1. The van der Waals surface area contributed by atoms with Gasteiger partial charge in [0.15, 0.2) is 0 Å². The predicted octanol–water partition coefficient (Wildman–Crippen LogP) is 3.89. The maximum atomic E-state index is 12.5. The van der Waals surface area contributed by atoms with Crippen molar-refractivity contribution in [3.63, 3.8) is 0 Å². The molecule has 0 spiro atoms. The highest BCUT2D eigenvalue weighted by molar-refractivity contribution is 5.76. The molecular formula is C16H16F3NO2. The molecule has 0 aliphatic carbocycles. The van der Waals surface area contributed by atoms with Gasteiger partial charge in [-0.3, -0.25) is 4.79 Å². The molecule has 1 aromatic carbocycles. The summed E-state index contributed by atoms with van der Waals surface area (Å²) in [6, 6.07) is 8.38. The van der Waals surface area contributed by atoms with Crippen molar-refractivity contribution >= 4 is 5.91 Å². The average Bonchev–Trinajstić information content (AvgIpc) is 2.97. The van der Waals surface area contributed by atoms with Gasteiger partial charge in [-0.05, 0) is 29.8 Å².